The molecule has 1 aliphatic carbocycles. The zero-order valence-corrected chi connectivity index (χ0v) is 10.1. The van der Waals surface area contributed by atoms with E-state index in [1.165, 1.54) is 0 Å². The third-order valence-electron chi connectivity index (χ3n) is 1.93. The van der Waals surface area contributed by atoms with Gasteiger partial charge in [0.05, 0.1) is 12.5 Å². The van der Waals surface area contributed by atoms with E-state index in [0.717, 1.165) is 12.5 Å². The largest absolute Gasteiger partial charge is 0.224 e. The van der Waals surface area contributed by atoms with Gasteiger partial charge in [0.15, 0.2) is 0 Å². The van der Waals surface area contributed by atoms with Crippen molar-refractivity contribution in [2.24, 2.45) is 5.92 Å². The Morgan fingerprint density at radius 3 is 1.73 bits per heavy atom. The minimum atomic E-state index is -3.73. The molecule has 0 heterocycles. The Morgan fingerprint density at radius 2 is 1.40 bits per heavy atom. The fourth-order valence-corrected chi connectivity index (χ4v) is 4.14. The van der Waals surface area contributed by atoms with Gasteiger partial charge in [0.25, 0.3) is 0 Å². The van der Waals surface area contributed by atoms with Gasteiger partial charge < -0.3 is 0 Å². The molecule has 0 unspecified atom stereocenters. The number of hydrogen-bond acceptors (Lipinski definition) is 4. The van der Waals surface area contributed by atoms with Gasteiger partial charge >= 0.3 is 0 Å². The summed E-state index contributed by atoms with van der Waals surface area (Å²) in [6.45, 7) is -0.0648. The lowest BCUT2D eigenvalue weighted by atomic mass is 10.2. The third-order valence-corrected chi connectivity index (χ3v) is 5.33. The van der Waals surface area contributed by atoms with E-state index < -0.39 is 20.0 Å². The first-order chi connectivity index (χ1) is 6.71. The second-order valence-electron chi connectivity index (χ2n) is 3.42. The maximum atomic E-state index is 11.3. The Labute approximate surface area is 90.2 Å². The van der Waals surface area contributed by atoms with Crippen molar-refractivity contribution < 1.29 is 16.8 Å². The van der Waals surface area contributed by atoms with E-state index in [-0.39, 0.29) is 12.5 Å². The quantitative estimate of drug-likeness (QED) is 0.702. The molecule has 15 heavy (non-hydrogen) atoms. The third kappa shape index (κ3) is 3.44. The summed E-state index contributed by atoms with van der Waals surface area (Å²) in [5, 5.41) is 0. The predicted octanol–water partition coefficient (Wildman–Crippen LogP) is -0.0502. The van der Waals surface area contributed by atoms with Gasteiger partial charge in [0, 0.05) is 12.5 Å². The van der Waals surface area contributed by atoms with Crippen molar-refractivity contribution in [3.05, 3.63) is 24.3 Å². The van der Waals surface area contributed by atoms with Crippen LogP contribution in [0.25, 0.3) is 0 Å². The van der Waals surface area contributed by atoms with Crippen LogP contribution in [0.15, 0.2) is 24.3 Å². The van der Waals surface area contributed by atoms with Crippen LogP contribution in [0.3, 0.4) is 0 Å². The highest BCUT2D eigenvalue weighted by Crippen LogP contribution is 2.15. The lowest BCUT2D eigenvalue weighted by Crippen LogP contribution is -2.38. The molecule has 7 heteroatoms. The van der Waals surface area contributed by atoms with Crippen LogP contribution < -0.4 is 0 Å². The fraction of sp³-hybridized carbons (Fsp3) is 0.500. The Kier molecular flexibility index (Phi) is 3.37. The standard InChI is InChI=1S/C8H13NO4S2/c1-14(10,11)9(15(2,12)13)7-8-5-3-4-6-8/h3-6,8H,7H2,1-2H3. The molecule has 1 aliphatic rings. The second-order valence-corrected chi connectivity index (χ2v) is 7.46. The molecule has 0 aromatic rings. The van der Waals surface area contributed by atoms with Crippen molar-refractivity contribution in [2.75, 3.05) is 19.1 Å². The molecular weight excluding hydrogens is 238 g/mol. The molecule has 0 aromatic heterocycles. The van der Waals surface area contributed by atoms with E-state index in [9.17, 15) is 16.8 Å². The molecule has 0 atom stereocenters. The summed E-state index contributed by atoms with van der Waals surface area (Å²) in [5.74, 6) is -0.172. The zero-order chi connectivity index (χ0) is 11.7. The fourth-order valence-electron chi connectivity index (χ4n) is 1.29. The molecule has 0 bridgehead atoms. The number of rotatable bonds is 4. The van der Waals surface area contributed by atoms with E-state index in [0.29, 0.717) is 3.71 Å². The lowest BCUT2D eigenvalue weighted by molar-refractivity contribution is 0.491. The molecule has 5 nitrogen and oxygen atoms in total. The highest BCUT2D eigenvalue weighted by molar-refractivity contribution is 8.03. The zero-order valence-electron chi connectivity index (χ0n) is 8.49. The molecule has 0 amide bonds. The van der Waals surface area contributed by atoms with Gasteiger partial charge in [0.2, 0.25) is 20.0 Å². The molecule has 0 N–H and O–H groups in total. The summed E-state index contributed by atoms with van der Waals surface area (Å²) < 4.78 is 45.6. The number of hydrogen-bond donors (Lipinski definition) is 0. The van der Waals surface area contributed by atoms with Crippen LogP contribution in [0, 0.1) is 5.92 Å². The first-order valence-corrected chi connectivity index (χ1v) is 7.94. The Hall–Kier alpha value is -0.660. The van der Waals surface area contributed by atoms with Gasteiger partial charge in [-0.25, -0.2) is 16.8 Å². The van der Waals surface area contributed by atoms with Crippen molar-refractivity contribution in [1.82, 2.24) is 3.71 Å². The van der Waals surface area contributed by atoms with Crippen LogP contribution >= 0.6 is 0 Å². The maximum absolute atomic E-state index is 11.3. The molecule has 0 radical (unpaired) electrons. The minimum absolute atomic E-state index is 0.0648. The van der Waals surface area contributed by atoms with Gasteiger partial charge in [-0.15, -0.1) is 0 Å². The molecule has 0 aliphatic heterocycles. The number of nitrogens with zero attached hydrogens (tertiary/aromatic N) is 1. The molecule has 0 saturated carbocycles. The summed E-state index contributed by atoms with van der Waals surface area (Å²) >= 11 is 0. The van der Waals surface area contributed by atoms with Gasteiger partial charge in [0.1, 0.15) is 0 Å². The monoisotopic (exact) mass is 251 g/mol. The highest BCUT2D eigenvalue weighted by Gasteiger charge is 2.28. The molecule has 86 valence electrons. The van der Waals surface area contributed by atoms with Crippen LogP contribution in [-0.2, 0) is 20.0 Å². The Balaban J connectivity index is 2.94. The average Bonchev–Trinajstić information content (AvgIpc) is 2.46. The first kappa shape index (κ1) is 12.4. The summed E-state index contributed by atoms with van der Waals surface area (Å²) in [6, 6.07) is 0. The minimum Gasteiger partial charge on any atom is -0.212 e. The van der Waals surface area contributed by atoms with Crippen molar-refractivity contribution in [3.8, 4) is 0 Å². The summed E-state index contributed by atoms with van der Waals surface area (Å²) in [5.41, 5.74) is 0. The first-order valence-electron chi connectivity index (χ1n) is 4.24. The van der Waals surface area contributed by atoms with Crippen LogP contribution in [0.2, 0.25) is 0 Å². The van der Waals surface area contributed by atoms with Crippen LogP contribution in [0.5, 0.6) is 0 Å². The van der Waals surface area contributed by atoms with Crippen LogP contribution in [0.4, 0.5) is 0 Å². The topological polar surface area (TPSA) is 71.5 Å². The molecule has 0 saturated heterocycles. The number of allylic oxidation sites excluding steroid dienone is 2. The van der Waals surface area contributed by atoms with Crippen LogP contribution in [-0.4, -0.2) is 39.6 Å². The van der Waals surface area contributed by atoms with Crippen molar-refractivity contribution in [1.29, 1.82) is 0 Å². The van der Waals surface area contributed by atoms with Gasteiger partial charge in [-0.3, -0.25) is 0 Å². The smallest absolute Gasteiger partial charge is 0.212 e. The molecule has 1 rings (SSSR count). The van der Waals surface area contributed by atoms with Crippen LogP contribution in [0.1, 0.15) is 0 Å². The average molecular weight is 251 g/mol. The molecule has 0 spiro atoms. The summed E-state index contributed by atoms with van der Waals surface area (Å²) in [6.07, 6.45) is 8.79. The highest BCUT2D eigenvalue weighted by atomic mass is 32.3. The van der Waals surface area contributed by atoms with Crippen molar-refractivity contribution >= 4 is 20.0 Å². The summed E-state index contributed by atoms with van der Waals surface area (Å²) in [7, 11) is -7.47. The number of sulfonamides is 2. The summed E-state index contributed by atoms with van der Waals surface area (Å²) in [4.78, 5) is 0. The van der Waals surface area contributed by atoms with Gasteiger partial charge in [-0.2, -0.15) is 0 Å². The van der Waals surface area contributed by atoms with E-state index in [1.54, 1.807) is 24.3 Å². The Morgan fingerprint density at radius 1 is 1.00 bits per heavy atom. The second kappa shape index (κ2) is 4.07. The van der Waals surface area contributed by atoms with E-state index in [1.807, 2.05) is 0 Å². The van der Waals surface area contributed by atoms with Gasteiger partial charge in [-0.1, -0.05) is 28.0 Å². The molecule has 0 aromatic carbocycles. The van der Waals surface area contributed by atoms with Crippen molar-refractivity contribution in [3.63, 3.8) is 0 Å². The van der Waals surface area contributed by atoms with Gasteiger partial charge in [-0.05, 0) is 0 Å². The normalized spacial score (nSPS) is 17.8. The molecular formula is C8H13NO4S2. The van der Waals surface area contributed by atoms with E-state index in [2.05, 4.69) is 0 Å². The predicted molar refractivity (Wildman–Crippen MR) is 58.2 cm³/mol. The Bertz CT molecular complexity index is 443. The SMILES string of the molecule is CS(=O)(=O)N(CC1C=CC=C1)S(C)(=O)=O. The van der Waals surface area contributed by atoms with Crippen molar-refractivity contribution in [2.45, 2.75) is 0 Å². The maximum Gasteiger partial charge on any atom is 0.224 e. The van der Waals surface area contributed by atoms with E-state index in [4.69, 9.17) is 0 Å². The molecule has 0 fully saturated rings. The lowest BCUT2D eigenvalue weighted by Gasteiger charge is -2.19. The van der Waals surface area contributed by atoms with E-state index >= 15 is 0 Å².